The number of fused-ring (bicyclic) bond motifs is 1. The van der Waals surface area contributed by atoms with E-state index in [1.807, 2.05) is 18.2 Å². The van der Waals surface area contributed by atoms with Crippen molar-refractivity contribution in [1.82, 2.24) is 4.90 Å². The van der Waals surface area contributed by atoms with Gasteiger partial charge in [0.25, 0.3) is 5.91 Å². The van der Waals surface area contributed by atoms with E-state index in [9.17, 15) is 4.79 Å². The van der Waals surface area contributed by atoms with Gasteiger partial charge in [-0.3, -0.25) is 4.79 Å². The van der Waals surface area contributed by atoms with Crippen LogP contribution < -0.4 is 9.47 Å². The lowest BCUT2D eigenvalue weighted by Crippen LogP contribution is -2.45. The van der Waals surface area contributed by atoms with Gasteiger partial charge >= 0.3 is 0 Å². The number of para-hydroxylation sites is 2. The normalized spacial score (nSPS) is 25.4. The molecule has 5 nitrogen and oxygen atoms in total. The van der Waals surface area contributed by atoms with Gasteiger partial charge in [-0.25, -0.2) is 0 Å². The van der Waals surface area contributed by atoms with E-state index in [-0.39, 0.29) is 25.0 Å². The molecule has 0 saturated carbocycles. The molecule has 0 aromatic heterocycles. The number of carbonyl (C=O) groups is 1. The fraction of sp³-hybridized carbons (Fsp3) is 0.500. The van der Waals surface area contributed by atoms with Crippen LogP contribution in [0, 0.1) is 5.92 Å². The van der Waals surface area contributed by atoms with Crippen molar-refractivity contribution in [3.05, 3.63) is 24.3 Å². The first-order valence-corrected chi connectivity index (χ1v) is 6.56. The fourth-order valence-corrected chi connectivity index (χ4v) is 2.53. The Morgan fingerprint density at radius 3 is 2.89 bits per heavy atom. The number of hydrogen-bond acceptors (Lipinski definition) is 4. The lowest BCUT2D eigenvalue weighted by Gasteiger charge is -2.28. The summed E-state index contributed by atoms with van der Waals surface area (Å²) in [7, 11) is 0. The first kappa shape index (κ1) is 12.3. The zero-order valence-electron chi connectivity index (χ0n) is 10.6. The van der Waals surface area contributed by atoms with Crippen LogP contribution >= 0.6 is 0 Å². The number of rotatable bonds is 2. The van der Waals surface area contributed by atoms with Crippen LogP contribution in [0.25, 0.3) is 0 Å². The molecule has 2 atom stereocenters. The lowest BCUT2D eigenvalue weighted by atomic mass is 10.1. The molecular weight excluding hydrogens is 246 g/mol. The number of benzene rings is 1. The molecule has 2 heterocycles. The molecule has 1 aromatic rings. The zero-order valence-corrected chi connectivity index (χ0v) is 10.6. The Kier molecular flexibility index (Phi) is 3.29. The molecule has 0 spiro atoms. The molecule has 0 bridgehead atoms. The van der Waals surface area contributed by atoms with Crippen molar-refractivity contribution < 1.29 is 19.4 Å². The molecule has 1 saturated heterocycles. The average Bonchev–Trinajstić information content (AvgIpc) is 2.95. The standard InChI is InChI=1S/C14H17NO4/c16-8-10-5-6-15(7-10)14(17)13-9-18-11-3-1-2-4-12(11)19-13/h1-4,10,13,16H,5-9H2/t10-,13+/m1/s1. The van der Waals surface area contributed by atoms with Crippen LogP contribution in [-0.2, 0) is 4.79 Å². The van der Waals surface area contributed by atoms with E-state index in [1.54, 1.807) is 11.0 Å². The summed E-state index contributed by atoms with van der Waals surface area (Å²) in [6.07, 6.45) is 0.277. The molecular formula is C14H17NO4. The predicted octanol–water partition coefficient (Wildman–Crippen LogP) is 0.667. The summed E-state index contributed by atoms with van der Waals surface area (Å²) in [5.74, 6) is 1.44. The molecule has 3 rings (SSSR count). The third kappa shape index (κ3) is 2.38. The summed E-state index contributed by atoms with van der Waals surface area (Å²) < 4.78 is 11.2. The highest BCUT2D eigenvalue weighted by atomic mass is 16.6. The van der Waals surface area contributed by atoms with Gasteiger partial charge in [0.15, 0.2) is 11.5 Å². The number of likely N-dealkylation sites (tertiary alicyclic amines) is 1. The van der Waals surface area contributed by atoms with Crippen molar-refractivity contribution in [3.8, 4) is 11.5 Å². The van der Waals surface area contributed by atoms with Crippen molar-refractivity contribution in [2.24, 2.45) is 5.92 Å². The molecule has 0 radical (unpaired) electrons. The van der Waals surface area contributed by atoms with Crippen LogP contribution in [-0.4, -0.2) is 48.3 Å². The van der Waals surface area contributed by atoms with Gasteiger partial charge < -0.3 is 19.5 Å². The molecule has 1 amide bonds. The maximum Gasteiger partial charge on any atom is 0.267 e. The van der Waals surface area contributed by atoms with Gasteiger partial charge in [-0.1, -0.05) is 12.1 Å². The summed E-state index contributed by atoms with van der Waals surface area (Å²) in [4.78, 5) is 14.1. The van der Waals surface area contributed by atoms with Crippen LogP contribution in [0.5, 0.6) is 11.5 Å². The maximum absolute atomic E-state index is 12.3. The second-order valence-electron chi connectivity index (χ2n) is 4.99. The monoisotopic (exact) mass is 263 g/mol. The third-order valence-corrected chi connectivity index (χ3v) is 3.64. The number of aliphatic hydroxyl groups excluding tert-OH is 1. The molecule has 0 aliphatic carbocycles. The summed E-state index contributed by atoms with van der Waals surface area (Å²) in [6.45, 7) is 1.67. The van der Waals surface area contributed by atoms with Gasteiger partial charge in [0.1, 0.15) is 6.61 Å². The van der Waals surface area contributed by atoms with Crippen molar-refractivity contribution >= 4 is 5.91 Å². The lowest BCUT2D eigenvalue weighted by molar-refractivity contribution is -0.140. The molecule has 1 N–H and O–H groups in total. The Labute approximate surface area is 111 Å². The fourth-order valence-electron chi connectivity index (χ4n) is 2.53. The van der Waals surface area contributed by atoms with Crippen LogP contribution in [0.1, 0.15) is 6.42 Å². The number of aliphatic hydroxyl groups is 1. The van der Waals surface area contributed by atoms with Crippen LogP contribution in [0.4, 0.5) is 0 Å². The van der Waals surface area contributed by atoms with E-state index >= 15 is 0 Å². The second-order valence-corrected chi connectivity index (χ2v) is 4.99. The minimum Gasteiger partial charge on any atom is -0.485 e. The van der Waals surface area contributed by atoms with Crippen molar-refractivity contribution in [3.63, 3.8) is 0 Å². The van der Waals surface area contributed by atoms with Gasteiger partial charge in [-0.05, 0) is 18.6 Å². The minimum atomic E-state index is -0.577. The first-order chi connectivity index (χ1) is 9.28. The smallest absolute Gasteiger partial charge is 0.267 e. The SMILES string of the molecule is O=C([C@@H]1COc2ccccc2O1)N1CC[C@@H](CO)C1. The number of amides is 1. The summed E-state index contributed by atoms with van der Waals surface area (Å²) >= 11 is 0. The highest BCUT2D eigenvalue weighted by Crippen LogP contribution is 2.31. The van der Waals surface area contributed by atoms with Gasteiger partial charge in [0.05, 0.1) is 0 Å². The Hall–Kier alpha value is -1.75. The molecule has 102 valence electrons. The van der Waals surface area contributed by atoms with Crippen molar-refractivity contribution in [2.75, 3.05) is 26.3 Å². The third-order valence-electron chi connectivity index (χ3n) is 3.64. The number of ether oxygens (including phenoxy) is 2. The molecule has 1 aromatic carbocycles. The van der Waals surface area contributed by atoms with Crippen LogP contribution in [0.3, 0.4) is 0 Å². The second kappa shape index (κ2) is 5.09. The average molecular weight is 263 g/mol. The van der Waals surface area contributed by atoms with Crippen molar-refractivity contribution in [1.29, 1.82) is 0 Å². The molecule has 19 heavy (non-hydrogen) atoms. The zero-order chi connectivity index (χ0) is 13.2. The summed E-state index contributed by atoms with van der Waals surface area (Å²) in [6, 6.07) is 7.35. The Balaban J connectivity index is 1.66. The molecule has 2 aliphatic rings. The van der Waals surface area contributed by atoms with E-state index in [4.69, 9.17) is 14.6 Å². The van der Waals surface area contributed by atoms with Crippen molar-refractivity contribution in [2.45, 2.75) is 12.5 Å². The van der Waals surface area contributed by atoms with Gasteiger partial charge in [-0.2, -0.15) is 0 Å². The van der Waals surface area contributed by atoms with E-state index in [2.05, 4.69) is 0 Å². The predicted molar refractivity (Wildman–Crippen MR) is 68.1 cm³/mol. The molecule has 2 aliphatic heterocycles. The van der Waals surface area contributed by atoms with E-state index < -0.39 is 6.10 Å². The number of carbonyl (C=O) groups excluding carboxylic acids is 1. The van der Waals surface area contributed by atoms with E-state index in [0.29, 0.717) is 24.6 Å². The van der Waals surface area contributed by atoms with Gasteiger partial charge in [-0.15, -0.1) is 0 Å². The summed E-state index contributed by atoms with van der Waals surface area (Å²) in [5, 5.41) is 9.11. The van der Waals surface area contributed by atoms with Crippen LogP contribution in [0.2, 0.25) is 0 Å². The minimum absolute atomic E-state index is 0.0505. The number of nitrogens with zero attached hydrogens (tertiary/aromatic N) is 1. The Morgan fingerprint density at radius 2 is 2.16 bits per heavy atom. The van der Waals surface area contributed by atoms with E-state index in [1.165, 1.54) is 0 Å². The molecule has 1 fully saturated rings. The van der Waals surface area contributed by atoms with Crippen LogP contribution in [0.15, 0.2) is 24.3 Å². The van der Waals surface area contributed by atoms with E-state index in [0.717, 1.165) is 6.42 Å². The molecule has 5 heteroatoms. The summed E-state index contributed by atoms with van der Waals surface area (Å²) in [5.41, 5.74) is 0. The quantitative estimate of drug-likeness (QED) is 0.852. The number of hydrogen-bond donors (Lipinski definition) is 1. The topological polar surface area (TPSA) is 59.0 Å². The highest BCUT2D eigenvalue weighted by molar-refractivity contribution is 5.82. The Bertz CT molecular complexity index is 476. The largest absolute Gasteiger partial charge is 0.485 e. The first-order valence-electron chi connectivity index (χ1n) is 6.56. The van der Waals surface area contributed by atoms with Gasteiger partial charge in [0, 0.05) is 25.6 Å². The maximum atomic E-state index is 12.3. The molecule has 0 unspecified atom stereocenters. The Morgan fingerprint density at radius 1 is 1.37 bits per heavy atom. The highest BCUT2D eigenvalue weighted by Gasteiger charge is 2.34. The van der Waals surface area contributed by atoms with Gasteiger partial charge in [0.2, 0.25) is 6.10 Å².